The van der Waals surface area contributed by atoms with Gasteiger partial charge < -0.3 is 9.67 Å². The maximum absolute atomic E-state index is 11.7. The van der Waals surface area contributed by atoms with Crippen LogP contribution in [-0.2, 0) is 6.54 Å². The second kappa shape index (κ2) is 5.10. The van der Waals surface area contributed by atoms with Gasteiger partial charge in [-0.3, -0.25) is 4.79 Å². The Balaban J connectivity index is 3.17. The number of aliphatic hydroxyl groups is 1. The van der Waals surface area contributed by atoms with Gasteiger partial charge in [0.2, 0.25) is 0 Å². The number of aryl methyl sites for hydroxylation is 1. The lowest BCUT2D eigenvalue weighted by Crippen LogP contribution is -2.30. The first-order valence-electron chi connectivity index (χ1n) is 4.44. The zero-order valence-corrected chi connectivity index (χ0v) is 9.86. The molecule has 15 heavy (non-hydrogen) atoms. The summed E-state index contributed by atoms with van der Waals surface area (Å²) in [5.41, 5.74) is 0.485. The fraction of sp³-hybridized carbons (Fsp3) is 0.400. The van der Waals surface area contributed by atoms with Crippen molar-refractivity contribution >= 4 is 15.9 Å². The van der Waals surface area contributed by atoms with Crippen LogP contribution in [0.4, 0.5) is 0 Å². The second-order valence-corrected chi connectivity index (χ2v) is 3.87. The third kappa shape index (κ3) is 2.67. The van der Waals surface area contributed by atoms with E-state index in [0.717, 1.165) is 5.69 Å². The highest BCUT2D eigenvalue weighted by Gasteiger charge is 2.09. The van der Waals surface area contributed by atoms with Gasteiger partial charge in [-0.15, -0.1) is 0 Å². The molecule has 0 radical (unpaired) electrons. The van der Waals surface area contributed by atoms with Crippen molar-refractivity contribution in [3.63, 3.8) is 0 Å². The first-order chi connectivity index (χ1) is 7.10. The Morgan fingerprint density at radius 3 is 2.87 bits per heavy atom. The highest BCUT2D eigenvalue weighted by Crippen LogP contribution is 2.01. The van der Waals surface area contributed by atoms with Gasteiger partial charge in [-0.05, 0) is 19.1 Å². The summed E-state index contributed by atoms with van der Waals surface area (Å²) in [5, 5.41) is 18.5. The monoisotopic (exact) mass is 270 g/mol. The molecule has 0 aliphatic rings. The van der Waals surface area contributed by atoms with Crippen LogP contribution in [0.2, 0.25) is 0 Å². The van der Waals surface area contributed by atoms with Crippen LogP contribution < -0.4 is 5.56 Å². The van der Waals surface area contributed by atoms with Crippen molar-refractivity contribution in [2.75, 3.05) is 5.33 Å². The SMILES string of the molecule is Cc1ccc(C#N)c(=O)n1CC(O)CBr. The molecule has 5 heteroatoms. The fourth-order valence-corrected chi connectivity index (χ4v) is 1.45. The lowest BCUT2D eigenvalue weighted by atomic mass is 10.2. The molecular formula is C10H11BrN2O2. The molecule has 1 rings (SSSR count). The number of alkyl halides is 1. The summed E-state index contributed by atoms with van der Waals surface area (Å²) in [4.78, 5) is 11.7. The Kier molecular flexibility index (Phi) is 4.06. The van der Waals surface area contributed by atoms with Crippen molar-refractivity contribution < 1.29 is 5.11 Å². The maximum atomic E-state index is 11.7. The van der Waals surface area contributed by atoms with E-state index in [-0.39, 0.29) is 17.7 Å². The minimum atomic E-state index is -0.629. The molecule has 1 aromatic rings. The van der Waals surface area contributed by atoms with Crippen LogP contribution in [0.15, 0.2) is 16.9 Å². The number of halogens is 1. The van der Waals surface area contributed by atoms with E-state index in [0.29, 0.717) is 5.33 Å². The van der Waals surface area contributed by atoms with Crippen LogP contribution in [0, 0.1) is 18.3 Å². The molecule has 0 amide bonds. The molecular weight excluding hydrogens is 260 g/mol. The molecule has 1 N–H and O–H groups in total. The number of nitriles is 1. The molecule has 1 atom stereocenters. The molecule has 80 valence electrons. The number of pyridine rings is 1. The number of nitrogens with zero attached hydrogens (tertiary/aromatic N) is 2. The molecule has 0 spiro atoms. The normalized spacial score (nSPS) is 12.1. The van der Waals surface area contributed by atoms with Crippen molar-refractivity contribution in [1.29, 1.82) is 5.26 Å². The van der Waals surface area contributed by atoms with E-state index in [1.54, 1.807) is 13.0 Å². The van der Waals surface area contributed by atoms with Crippen molar-refractivity contribution in [1.82, 2.24) is 4.57 Å². The molecule has 0 aliphatic carbocycles. The average molecular weight is 271 g/mol. The summed E-state index contributed by atoms with van der Waals surface area (Å²) in [6, 6.07) is 5.02. The molecule has 1 aromatic heterocycles. The summed E-state index contributed by atoms with van der Waals surface area (Å²) in [5.74, 6) is 0. The first-order valence-corrected chi connectivity index (χ1v) is 5.57. The summed E-state index contributed by atoms with van der Waals surface area (Å²) in [6.45, 7) is 1.97. The smallest absolute Gasteiger partial charge is 0.268 e. The number of aliphatic hydroxyl groups excluding tert-OH is 1. The van der Waals surface area contributed by atoms with Gasteiger partial charge in [0.25, 0.3) is 5.56 Å². The standard InChI is InChI=1S/C10H11BrN2O2/c1-7-2-3-8(5-12)10(15)13(7)6-9(14)4-11/h2-3,9,14H,4,6H2,1H3. The highest BCUT2D eigenvalue weighted by molar-refractivity contribution is 9.09. The molecule has 0 aromatic carbocycles. The van der Waals surface area contributed by atoms with E-state index in [2.05, 4.69) is 15.9 Å². The van der Waals surface area contributed by atoms with Gasteiger partial charge in [-0.1, -0.05) is 15.9 Å². The van der Waals surface area contributed by atoms with Crippen LogP contribution in [-0.4, -0.2) is 21.1 Å². The molecule has 0 saturated heterocycles. The van der Waals surface area contributed by atoms with Crippen molar-refractivity contribution in [2.45, 2.75) is 19.6 Å². The van der Waals surface area contributed by atoms with E-state index < -0.39 is 6.10 Å². The van der Waals surface area contributed by atoms with Gasteiger partial charge in [-0.25, -0.2) is 0 Å². The van der Waals surface area contributed by atoms with Crippen molar-refractivity contribution in [2.24, 2.45) is 0 Å². The Hall–Kier alpha value is -1.12. The van der Waals surface area contributed by atoms with Crippen LogP contribution in [0.25, 0.3) is 0 Å². The molecule has 1 heterocycles. The van der Waals surface area contributed by atoms with E-state index >= 15 is 0 Å². The Morgan fingerprint density at radius 2 is 2.33 bits per heavy atom. The molecule has 0 aliphatic heterocycles. The van der Waals surface area contributed by atoms with E-state index in [1.165, 1.54) is 10.6 Å². The Morgan fingerprint density at radius 1 is 1.67 bits per heavy atom. The summed E-state index contributed by atoms with van der Waals surface area (Å²) in [7, 11) is 0. The van der Waals surface area contributed by atoms with Crippen LogP contribution >= 0.6 is 15.9 Å². The molecule has 0 bridgehead atoms. The van der Waals surface area contributed by atoms with E-state index in [1.807, 2.05) is 6.07 Å². The van der Waals surface area contributed by atoms with Gasteiger partial charge in [0.05, 0.1) is 12.6 Å². The van der Waals surface area contributed by atoms with Crippen LogP contribution in [0.3, 0.4) is 0 Å². The third-order valence-electron chi connectivity index (χ3n) is 2.08. The number of aromatic nitrogens is 1. The number of rotatable bonds is 3. The van der Waals surface area contributed by atoms with Gasteiger partial charge >= 0.3 is 0 Å². The zero-order chi connectivity index (χ0) is 11.4. The number of hydrogen-bond donors (Lipinski definition) is 1. The summed E-state index contributed by atoms with van der Waals surface area (Å²) >= 11 is 3.13. The summed E-state index contributed by atoms with van der Waals surface area (Å²) < 4.78 is 1.41. The Bertz CT molecular complexity index is 448. The zero-order valence-electron chi connectivity index (χ0n) is 8.27. The first kappa shape index (κ1) is 12.0. The molecule has 1 unspecified atom stereocenters. The second-order valence-electron chi connectivity index (χ2n) is 3.22. The lowest BCUT2D eigenvalue weighted by molar-refractivity contribution is 0.177. The average Bonchev–Trinajstić information content (AvgIpc) is 2.24. The van der Waals surface area contributed by atoms with Gasteiger partial charge in [0.15, 0.2) is 0 Å². The van der Waals surface area contributed by atoms with Crippen molar-refractivity contribution in [3.8, 4) is 6.07 Å². The molecule has 0 saturated carbocycles. The summed E-state index contributed by atoms with van der Waals surface area (Å²) in [6.07, 6.45) is -0.629. The minimum absolute atomic E-state index is 0.0994. The van der Waals surface area contributed by atoms with E-state index in [4.69, 9.17) is 5.26 Å². The minimum Gasteiger partial charge on any atom is -0.390 e. The number of hydrogen-bond acceptors (Lipinski definition) is 3. The maximum Gasteiger partial charge on any atom is 0.268 e. The fourth-order valence-electron chi connectivity index (χ4n) is 1.24. The lowest BCUT2D eigenvalue weighted by Gasteiger charge is -2.12. The predicted octanol–water partition coefficient (Wildman–Crippen LogP) is 0.784. The molecule has 4 nitrogen and oxygen atoms in total. The van der Waals surface area contributed by atoms with Crippen molar-refractivity contribution in [3.05, 3.63) is 33.7 Å². The van der Waals surface area contributed by atoms with Gasteiger partial charge in [0, 0.05) is 11.0 Å². The largest absolute Gasteiger partial charge is 0.390 e. The van der Waals surface area contributed by atoms with Gasteiger partial charge in [-0.2, -0.15) is 5.26 Å². The quantitative estimate of drug-likeness (QED) is 0.826. The van der Waals surface area contributed by atoms with Crippen LogP contribution in [0.5, 0.6) is 0 Å². The van der Waals surface area contributed by atoms with Crippen LogP contribution in [0.1, 0.15) is 11.3 Å². The Labute approximate surface area is 95.9 Å². The van der Waals surface area contributed by atoms with Gasteiger partial charge in [0.1, 0.15) is 11.6 Å². The third-order valence-corrected chi connectivity index (χ3v) is 2.83. The molecule has 0 fully saturated rings. The highest BCUT2D eigenvalue weighted by atomic mass is 79.9. The topological polar surface area (TPSA) is 66.0 Å². The van der Waals surface area contributed by atoms with E-state index in [9.17, 15) is 9.90 Å². The predicted molar refractivity (Wildman–Crippen MR) is 60.0 cm³/mol.